The second-order valence-electron chi connectivity index (χ2n) is 23.8. The lowest BCUT2D eigenvalue weighted by atomic mass is 9.33. The van der Waals surface area contributed by atoms with Gasteiger partial charge in [-0.05, 0) is 192 Å². The molecule has 2 heterocycles. The molecule has 86 heavy (non-hydrogen) atoms. The van der Waals surface area contributed by atoms with Gasteiger partial charge in [-0.25, -0.2) is 0 Å². The lowest BCUT2D eigenvalue weighted by molar-refractivity contribution is 0.794. The van der Waals surface area contributed by atoms with E-state index in [1.54, 1.807) is 0 Å². The Morgan fingerprint density at radius 1 is 0.233 bits per heavy atom. The first-order valence-corrected chi connectivity index (χ1v) is 30.1. The van der Waals surface area contributed by atoms with Gasteiger partial charge in [0.25, 0.3) is 6.71 Å². The topological polar surface area (TPSA) is 6.48 Å². The highest BCUT2D eigenvalue weighted by Gasteiger charge is 2.52. The van der Waals surface area contributed by atoms with Gasteiger partial charge in [-0.3, -0.25) is 0 Å². The quantitative estimate of drug-likeness (QED) is 0.125. The number of rotatable bonds is 5. The fourth-order valence-corrected chi connectivity index (χ4v) is 15.9. The summed E-state index contributed by atoms with van der Waals surface area (Å²) in [4.78, 5) is 5.20. The molecule has 2 aliphatic heterocycles. The molecule has 0 saturated carbocycles. The minimum absolute atomic E-state index is 0.111. The van der Waals surface area contributed by atoms with Crippen LogP contribution in [0.2, 0.25) is 0 Å². The van der Waals surface area contributed by atoms with Crippen LogP contribution in [0.3, 0.4) is 0 Å². The first-order chi connectivity index (χ1) is 42.6. The van der Waals surface area contributed by atoms with E-state index in [1.165, 1.54) is 155 Å². The summed E-state index contributed by atoms with van der Waals surface area (Å²) in [7, 11) is 0. The van der Waals surface area contributed by atoms with Crippen LogP contribution in [0.25, 0.3) is 98.7 Å². The summed E-state index contributed by atoms with van der Waals surface area (Å²) < 4.78 is 0. The van der Waals surface area contributed by atoms with Crippen LogP contribution < -0.4 is 26.2 Å². The Labute approximate surface area is 499 Å². The summed E-state index contributed by atoms with van der Waals surface area (Å²) in [6.45, 7) is -0.111. The fraction of sp³-hybridized carbons (Fsp3) is 0.0120. The molecule has 0 radical (unpaired) electrons. The second-order valence-corrected chi connectivity index (χ2v) is 23.8. The summed E-state index contributed by atoms with van der Waals surface area (Å²) in [5.74, 6) is 0. The van der Waals surface area contributed by atoms with Crippen LogP contribution >= 0.6 is 0 Å². The van der Waals surface area contributed by atoms with Crippen molar-refractivity contribution in [1.29, 1.82) is 0 Å². The molecule has 0 aromatic heterocycles. The second kappa shape index (κ2) is 18.0. The number of hydrogen-bond donors (Lipinski definition) is 0. The smallest absolute Gasteiger partial charge is 0.252 e. The van der Waals surface area contributed by atoms with Gasteiger partial charge in [0.05, 0.1) is 5.41 Å². The highest BCUT2D eigenvalue weighted by atomic mass is 15.2. The van der Waals surface area contributed by atoms with Crippen molar-refractivity contribution < 1.29 is 0 Å². The van der Waals surface area contributed by atoms with Gasteiger partial charge in [-0.2, -0.15) is 0 Å². The van der Waals surface area contributed by atoms with Gasteiger partial charge < -0.3 is 9.80 Å². The molecule has 0 unspecified atom stereocenters. The Kier molecular flexibility index (Phi) is 9.94. The molecule has 0 atom stereocenters. The maximum Gasteiger partial charge on any atom is 0.252 e. The predicted molar refractivity (Wildman–Crippen MR) is 363 cm³/mol. The maximum absolute atomic E-state index is 2.60. The van der Waals surface area contributed by atoms with E-state index in [4.69, 9.17) is 0 Å². The maximum atomic E-state index is 2.60. The number of anilines is 6. The molecule has 15 aromatic carbocycles. The van der Waals surface area contributed by atoms with Crippen LogP contribution in [0.1, 0.15) is 22.3 Å². The van der Waals surface area contributed by atoms with E-state index >= 15 is 0 Å². The van der Waals surface area contributed by atoms with Gasteiger partial charge in [-0.1, -0.05) is 255 Å². The van der Waals surface area contributed by atoms with Gasteiger partial charge >= 0.3 is 0 Å². The van der Waals surface area contributed by atoms with Crippen LogP contribution in [-0.4, -0.2) is 6.71 Å². The monoisotopic (exact) mass is 1090 g/mol. The standard InChI is InChI=1S/C83H51BN2/c1-3-17-52(18-4-1)54-35-40-62(41-36-54)85-78-50-69-59(33-31-56-21-7-9-23-64(56)69)46-76(78)84-77-47-60-34-32-57-22-8-10-24-65(57)70(60)51-79(77)86(63-42-37-55(38-43-63)53-19-5-2-6-20-53)81-49-61(48-80(85)82(81)84)58-39-44-75-71(45-58)68-27-13-16-30-74(68)83(75)72-28-14-11-25-66(72)67-26-12-15-29-73(67)83/h1-51H. The van der Waals surface area contributed by atoms with Crippen LogP contribution in [0.4, 0.5) is 34.1 Å². The van der Waals surface area contributed by atoms with E-state index in [0.29, 0.717) is 0 Å². The summed E-state index contributed by atoms with van der Waals surface area (Å²) >= 11 is 0. The van der Waals surface area contributed by atoms with Gasteiger partial charge in [0.1, 0.15) is 0 Å². The van der Waals surface area contributed by atoms with Crippen molar-refractivity contribution in [2.75, 3.05) is 9.80 Å². The number of benzene rings is 15. The van der Waals surface area contributed by atoms with Crippen molar-refractivity contribution in [2.24, 2.45) is 0 Å². The zero-order chi connectivity index (χ0) is 56.2. The van der Waals surface area contributed by atoms with Crippen molar-refractivity contribution >= 4 is 100 Å². The van der Waals surface area contributed by atoms with Gasteiger partial charge in [-0.15, -0.1) is 0 Å². The summed E-state index contributed by atoms with van der Waals surface area (Å²) in [5, 5.41) is 9.94. The molecule has 15 aromatic rings. The largest absolute Gasteiger partial charge is 0.311 e. The Balaban J connectivity index is 0.920. The summed E-state index contributed by atoms with van der Waals surface area (Å²) in [5.41, 5.74) is 28.1. The van der Waals surface area contributed by atoms with Crippen molar-refractivity contribution in [3.05, 3.63) is 332 Å². The molecular formula is C83H51BN2. The van der Waals surface area contributed by atoms with E-state index in [-0.39, 0.29) is 6.71 Å². The first-order valence-electron chi connectivity index (χ1n) is 30.1. The normalized spacial score (nSPS) is 13.6. The Morgan fingerprint density at radius 3 is 1.10 bits per heavy atom. The molecule has 0 saturated heterocycles. The van der Waals surface area contributed by atoms with Crippen molar-refractivity contribution in [2.45, 2.75) is 5.41 Å². The molecule has 0 bridgehead atoms. The molecule has 3 heteroatoms. The molecule has 396 valence electrons. The Morgan fingerprint density at radius 2 is 0.616 bits per heavy atom. The number of fused-ring (bicyclic) bond motifs is 20. The Bertz CT molecular complexity index is 5080. The van der Waals surface area contributed by atoms with E-state index in [9.17, 15) is 0 Å². The van der Waals surface area contributed by atoms with Crippen LogP contribution in [0.5, 0.6) is 0 Å². The Hall–Kier alpha value is -11.0. The summed E-state index contributed by atoms with van der Waals surface area (Å²) in [6, 6.07) is 117. The third-order valence-corrected chi connectivity index (χ3v) is 19.6. The molecule has 19 rings (SSSR count). The third-order valence-electron chi connectivity index (χ3n) is 19.6. The van der Waals surface area contributed by atoms with E-state index in [2.05, 4.69) is 319 Å². The van der Waals surface area contributed by atoms with Gasteiger partial charge in [0, 0.05) is 34.1 Å². The molecule has 2 aliphatic carbocycles. The van der Waals surface area contributed by atoms with Gasteiger partial charge in [0.15, 0.2) is 0 Å². The lowest BCUT2D eigenvalue weighted by Crippen LogP contribution is -2.61. The lowest BCUT2D eigenvalue weighted by Gasteiger charge is -2.45. The predicted octanol–water partition coefficient (Wildman–Crippen LogP) is 19.7. The van der Waals surface area contributed by atoms with Crippen LogP contribution in [-0.2, 0) is 5.41 Å². The molecule has 0 N–H and O–H groups in total. The minimum Gasteiger partial charge on any atom is -0.311 e. The average molecular weight is 1090 g/mol. The van der Waals surface area contributed by atoms with Crippen molar-refractivity contribution in [3.8, 4) is 55.6 Å². The minimum atomic E-state index is -0.439. The van der Waals surface area contributed by atoms with Crippen molar-refractivity contribution in [3.63, 3.8) is 0 Å². The van der Waals surface area contributed by atoms with Crippen LogP contribution in [0, 0.1) is 0 Å². The molecule has 0 amide bonds. The zero-order valence-corrected chi connectivity index (χ0v) is 46.9. The number of nitrogens with zero attached hydrogens (tertiary/aromatic N) is 2. The van der Waals surface area contributed by atoms with Crippen molar-refractivity contribution in [1.82, 2.24) is 0 Å². The summed E-state index contributed by atoms with van der Waals surface area (Å²) in [6.07, 6.45) is 0. The van der Waals surface area contributed by atoms with Gasteiger partial charge in [0.2, 0.25) is 0 Å². The molecule has 0 fully saturated rings. The third kappa shape index (κ3) is 6.63. The molecule has 1 spiro atoms. The van der Waals surface area contributed by atoms with E-state index in [1.807, 2.05) is 0 Å². The molecular weight excluding hydrogens is 1040 g/mol. The fourth-order valence-electron chi connectivity index (χ4n) is 15.9. The van der Waals surface area contributed by atoms with E-state index in [0.717, 1.165) is 16.9 Å². The average Bonchev–Trinajstić information content (AvgIpc) is 1.39. The van der Waals surface area contributed by atoms with Crippen LogP contribution in [0.15, 0.2) is 309 Å². The highest BCUT2D eigenvalue weighted by molar-refractivity contribution is 7.00. The highest BCUT2D eigenvalue weighted by Crippen LogP contribution is 2.63. The SMILES string of the molecule is c1ccc(-c2ccc(N3c4cc5c(ccc6ccccc65)cc4B4c5cc6ccc7ccccc7c6cc5N(c5ccc(-c6ccccc6)cc5)c5cc(-c6ccc7c(c6)-c6ccccc6C76c7ccccc7-c7ccccc76)cc3c54)cc2)cc1. The van der Waals surface area contributed by atoms with E-state index < -0.39 is 5.41 Å². The molecule has 4 aliphatic rings. The number of hydrogen-bond acceptors (Lipinski definition) is 2. The molecule has 2 nitrogen and oxygen atoms in total. The first kappa shape index (κ1) is 47.5. The zero-order valence-electron chi connectivity index (χ0n) is 46.9.